The number of aryl methyl sites for hydroxylation is 1. The van der Waals surface area contributed by atoms with Gasteiger partial charge >= 0.3 is 11.8 Å². The van der Waals surface area contributed by atoms with Crippen molar-refractivity contribution in [2.24, 2.45) is 7.05 Å². The van der Waals surface area contributed by atoms with Gasteiger partial charge in [0.1, 0.15) is 5.60 Å². The number of alkyl carbamates (subject to hydrolysis) is 1. The van der Waals surface area contributed by atoms with Crippen molar-refractivity contribution < 1.29 is 14.3 Å². The number of nitrogens with one attached hydrogen (secondary N) is 1. The Morgan fingerprint density at radius 1 is 1.10 bits per heavy atom. The number of hydrogen-bond donors (Lipinski definition) is 1. The molecule has 1 aliphatic carbocycles. The Morgan fingerprint density at radius 2 is 1.85 bits per heavy atom. The van der Waals surface area contributed by atoms with Crippen molar-refractivity contribution in [2.45, 2.75) is 77.6 Å². The molecule has 1 N–H and O–H groups in total. The fourth-order valence-corrected chi connectivity index (χ4v) is 5.58. The van der Waals surface area contributed by atoms with Crippen LogP contribution in [0.15, 0.2) is 51.6 Å². The number of anilines is 1. The van der Waals surface area contributed by atoms with E-state index < -0.39 is 22.9 Å². The number of carbonyl (C=O) groups excluding carboxylic acids is 2. The largest absolute Gasteiger partial charge is 0.444 e. The summed E-state index contributed by atoms with van der Waals surface area (Å²) in [6.07, 6.45) is 6.28. The fourth-order valence-electron chi connectivity index (χ4n) is 5.58. The van der Waals surface area contributed by atoms with Crippen LogP contribution in [0, 0.1) is 0 Å². The van der Waals surface area contributed by atoms with Crippen LogP contribution in [0.25, 0.3) is 11.2 Å². The van der Waals surface area contributed by atoms with E-state index in [0.717, 1.165) is 36.7 Å². The minimum atomic E-state index is -0.603. The van der Waals surface area contributed by atoms with Crippen LogP contribution in [0.2, 0.25) is 0 Å². The van der Waals surface area contributed by atoms with Gasteiger partial charge in [0.15, 0.2) is 16.9 Å². The number of benzene rings is 1. The molecular formula is C30H38N6O5. The number of Topliss-reactive ketones (excluding diaryl/α,β-unsaturated/α-hetero) is 1. The number of nitrogens with zero attached hydrogens (tertiary/aromatic N) is 5. The Balaban J connectivity index is 1.54. The van der Waals surface area contributed by atoms with Crippen LogP contribution in [0.4, 0.5) is 10.7 Å². The molecule has 1 unspecified atom stereocenters. The maximum absolute atomic E-state index is 13.9. The minimum absolute atomic E-state index is 0.165. The fraction of sp³-hybridized carbons (Fsp3) is 0.500. The lowest BCUT2D eigenvalue weighted by Gasteiger charge is -2.34. The molecule has 3 aromatic rings. The predicted molar refractivity (Wildman–Crippen MR) is 157 cm³/mol. The van der Waals surface area contributed by atoms with Crippen molar-refractivity contribution in [3.05, 3.63) is 68.4 Å². The van der Waals surface area contributed by atoms with Crippen molar-refractivity contribution in [1.29, 1.82) is 0 Å². The zero-order valence-electron chi connectivity index (χ0n) is 24.2. The van der Waals surface area contributed by atoms with Crippen molar-refractivity contribution in [2.75, 3.05) is 18.0 Å². The van der Waals surface area contributed by atoms with E-state index in [-0.39, 0.29) is 29.5 Å². The van der Waals surface area contributed by atoms with E-state index in [1.165, 1.54) is 10.1 Å². The second-order valence-electron chi connectivity index (χ2n) is 11.9. The molecule has 0 radical (unpaired) electrons. The number of rotatable bonds is 7. The van der Waals surface area contributed by atoms with E-state index in [1.807, 2.05) is 25.3 Å². The first-order chi connectivity index (χ1) is 19.5. The van der Waals surface area contributed by atoms with Crippen molar-refractivity contribution in [3.63, 3.8) is 0 Å². The van der Waals surface area contributed by atoms with E-state index >= 15 is 0 Å². The average molecular weight is 563 g/mol. The highest BCUT2D eigenvalue weighted by molar-refractivity contribution is 5.96. The van der Waals surface area contributed by atoms with Gasteiger partial charge in [-0.05, 0) is 52.9 Å². The van der Waals surface area contributed by atoms with E-state index in [2.05, 4.69) is 16.3 Å². The SMILES string of the molecule is Cn1c(=O)n(CC(=O)c2ccccc2)c(=O)c2c1nc(N1CCCC(NC(=O)OC(C)(C)C)C1)n2CC1=CCCC1. The van der Waals surface area contributed by atoms with Gasteiger partial charge in [0.25, 0.3) is 5.56 Å². The molecule has 1 aliphatic heterocycles. The van der Waals surface area contributed by atoms with Gasteiger partial charge in [-0.1, -0.05) is 42.0 Å². The number of ketones is 1. The van der Waals surface area contributed by atoms with Crippen LogP contribution in [0.3, 0.4) is 0 Å². The van der Waals surface area contributed by atoms with Crippen LogP contribution in [-0.2, 0) is 24.9 Å². The number of aromatic nitrogens is 4. The molecule has 218 valence electrons. The van der Waals surface area contributed by atoms with Gasteiger partial charge in [0, 0.05) is 38.3 Å². The Kier molecular flexibility index (Phi) is 7.88. The molecule has 1 saturated heterocycles. The molecule has 5 rings (SSSR count). The van der Waals surface area contributed by atoms with E-state index in [4.69, 9.17) is 9.72 Å². The van der Waals surface area contributed by atoms with Gasteiger partial charge in [-0.2, -0.15) is 4.98 Å². The van der Waals surface area contributed by atoms with Crippen LogP contribution >= 0.6 is 0 Å². The molecule has 3 heterocycles. The normalized spacial score (nSPS) is 17.5. The number of fused-ring (bicyclic) bond motifs is 1. The second kappa shape index (κ2) is 11.4. The van der Waals surface area contributed by atoms with E-state index in [0.29, 0.717) is 31.1 Å². The highest BCUT2D eigenvalue weighted by Gasteiger charge is 2.30. The number of hydrogen-bond acceptors (Lipinski definition) is 7. The summed E-state index contributed by atoms with van der Waals surface area (Å²) in [4.78, 5) is 59.6. The lowest BCUT2D eigenvalue weighted by molar-refractivity contribution is 0.0499. The van der Waals surface area contributed by atoms with E-state index in [9.17, 15) is 19.2 Å². The highest BCUT2D eigenvalue weighted by Crippen LogP contribution is 2.27. The minimum Gasteiger partial charge on any atom is -0.444 e. The Hall–Kier alpha value is -4.15. The molecule has 1 atom stereocenters. The van der Waals surface area contributed by atoms with Crippen molar-refractivity contribution in [3.8, 4) is 0 Å². The number of imidazole rings is 1. The molecule has 1 amide bonds. The highest BCUT2D eigenvalue weighted by atomic mass is 16.6. The molecule has 1 aromatic carbocycles. The maximum Gasteiger partial charge on any atom is 0.407 e. The lowest BCUT2D eigenvalue weighted by Crippen LogP contribution is -2.49. The average Bonchev–Trinajstić information content (AvgIpc) is 3.58. The molecule has 1 fully saturated rings. The zero-order valence-corrected chi connectivity index (χ0v) is 24.2. The first-order valence-electron chi connectivity index (χ1n) is 14.2. The first-order valence-corrected chi connectivity index (χ1v) is 14.2. The topological polar surface area (TPSA) is 120 Å². The van der Waals surface area contributed by atoms with Crippen molar-refractivity contribution >= 4 is 29.0 Å². The van der Waals surface area contributed by atoms with Crippen LogP contribution < -0.4 is 21.5 Å². The van der Waals surface area contributed by atoms with Crippen LogP contribution in [-0.4, -0.2) is 55.3 Å². The molecule has 0 saturated carbocycles. The molecule has 11 heteroatoms. The molecule has 41 heavy (non-hydrogen) atoms. The van der Waals surface area contributed by atoms with Gasteiger partial charge in [0.05, 0.1) is 6.54 Å². The Labute approximate surface area is 238 Å². The second-order valence-corrected chi connectivity index (χ2v) is 11.9. The third kappa shape index (κ3) is 6.13. The van der Waals surface area contributed by atoms with Gasteiger partial charge in [-0.15, -0.1) is 0 Å². The maximum atomic E-state index is 13.9. The molecule has 11 nitrogen and oxygen atoms in total. The number of ether oxygens (including phenoxy) is 1. The summed E-state index contributed by atoms with van der Waals surface area (Å²) >= 11 is 0. The summed E-state index contributed by atoms with van der Waals surface area (Å²) in [6, 6.07) is 8.48. The summed E-state index contributed by atoms with van der Waals surface area (Å²) in [5.74, 6) is 0.253. The Bertz CT molecular complexity index is 1610. The van der Waals surface area contributed by atoms with Gasteiger partial charge in [0.2, 0.25) is 5.95 Å². The summed E-state index contributed by atoms with van der Waals surface area (Å²) in [6.45, 7) is 6.74. The van der Waals surface area contributed by atoms with Crippen molar-refractivity contribution in [1.82, 2.24) is 24.0 Å². The van der Waals surface area contributed by atoms with Gasteiger partial charge in [-0.3, -0.25) is 18.7 Å². The third-order valence-corrected chi connectivity index (χ3v) is 7.53. The standard InChI is InChI=1S/C30H38N6O5/c1-30(2,3)41-28(39)31-22-15-10-16-34(18-22)27-32-25-24(35(27)17-20-11-8-9-12-20)26(38)36(29(40)33(25)4)19-23(37)21-13-6-5-7-14-21/h5-7,11,13-14,22H,8-10,12,15-19H2,1-4H3,(H,31,39). The molecule has 0 spiro atoms. The summed E-state index contributed by atoms with van der Waals surface area (Å²) in [7, 11) is 1.58. The lowest BCUT2D eigenvalue weighted by atomic mass is 10.1. The molecule has 0 bridgehead atoms. The summed E-state index contributed by atoms with van der Waals surface area (Å²) in [5, 5.41) is 2.97. The smallest absolute Gasteiger partial charge is 0.407 e. The molecule has 2 aromatic heterocycles. The quantitative estimate of drug-likeness (QED) is 0.346. The number of amides is 1. The summed E-state index contributed by atoms with van der Waals surface area (Å²) < 4.78 is 9.69. The van der Waals surface area contributed by atoms with E-state index in [1.54, 1.807) is 37.4 Å². The third-order valence-electron chi connectivity index (χ3n) is 7.53. The van der Waals surface area contributed by atoms with Gasteiger partial charge < -0.3 is 19.5 Å². The Morgan fingerprint density at radius 3 is 2.54 bits per heavy atom. The first kappa shape index (κ1) is 28.4. The summed E-state index contributed by atoms with van der Waals surface area (Å²) in [5.41, 5.74) is 0.469. The number of piperidine rings is 1. The zero-order chi connectivity index (χ0) is 29.3. The monoisotopic (exact) mass is 562 g/mol. The number of carbonyl (C=O) groups is 2. The van der Waals surface area contributed by atoms with Crippen LogP contribution in [0.5, 0.6) is 0 Å². The molecule has 2 aliphatic rings. The van der Waals surface area contributed by atoms with Gasteiger partial charge in [-0.25, -0.2) is 9.59 Å². The molecular weight excluding hydrogens is 524 g/mol. The number of allylic oxidation sites excluding steroid dienone is 2. The van der Waals surface area contributed by atoms with Crippen LogP contribution in [0.1, 0.15) is 63.2 Å². The predicted octanol–water partition coefficient (Wildman–Crippen LogP) is 3.38.